The largest absolute Gasteiger partial charge is 0.463 e. The molecule has 0 saturated heterocycles. The van der Waals surface area contributed by atoms with Crippen molar-refractivity contribution >= 4 is 27.4 Å². The number of alkyl halides is 3. The van der Waals surface area contributed by atoms with Crippen molar-refractivity contribution < 1.29 is 17.9 Å². The van der Waals surface area contributed by atoms with Crippen molar-refractivity contribution in [3.8, 4) is 6.01 Å². The maximum atomic E-state index is 13.1. The Morgan fingerprint density at radius 3 is 2.80 bits per heavy atom. The fourth-order valence-corrected chi connectivity index (χ4v) is 4.52. The van der Waals surface area contributed by atoms with Crippen molar-refractivity contribution in [1.29, 1.82) is 0 Å². The number of nitrogens with zero attached hydrogens (tertiary/aromatic N) is 6. The maximum Gasteiger partial charge on any atom is 0.451 e. The van der Waals surface area contributed by atoms with Gasteiger partial charge in [0.1, 0.15) is 10.6 Å². The monoisotopic (exact) mass is 441 g/mol. The van der Waals surface area contributed by atoms with E-state index in [1.54, 1.807) is 11.3 Å². The number of nitrogens with two attached hydrogens (primary N) is 1. The molecule has 0 radical (unpaired) electrons. The molecule has 162 valence electrons. The Hall–Kier alpha value is -2.47. The van der Waals surface area contributed by atoms with Gasteiger partial charge in [-0.15, -0.1) is 21.5 Å². The third-order valence-corrected chi connectivity index (χ3v) is 5.87. The first-order chi connectivity index (χ1) is 14.4. The number of anilines is 1. The predicted molar refractivity (Wildman–Crippen MR) is 107 cm³/mol. The van der Waals surface area contributed by atoms with Crippen LogP contribution in [0.5, 0.6) is 6.01 Å². The van der Waals surface area contributed by atoms with Gasteiger partial charge in [0.2, 0.25) is 5.82 Å². The molecule has 0 spiro atoms. The molecule has 30 heavy (non-hydrogen) atoms. The molecule has 1 aliphatic rings. The highest BCUT2D eigenvalue weighted by molar-refractivity contribution is 7.18. The van der Waals surface area contributed by atoms with Crippen molar-refractivity contribution in [2.75, 3.05) is 24.6 Å². The number of fused-ring (bicyclic) bond motifs is 2. The average molecular weight is 441 g/mol. The van der Waals surface area contributed by atoms with Crippen LogP contribution >= 0.6 is 11.3 Å². The molecule has 0 saturated carbocycles. The lowest BCUT2D eigenvalue weighted by molar-refractivity contribution is -0.147. The molecular formula is C18H22F3N7OS. The van der Waals surface area contributed by atoms with Gasteiger partial charge in [0, 0.05) is 18.0 Å². The van der Waals surface area contributed by atoms with Crippen LogP contribution in [-0.4, -0.2) is 44.4 Å². The second-order valence-corrected chi connectivity index (χ2v) is 8.13. The Morgan fingerprint density at radius 2 is 2.07 bits per heavy atom. The summed E-state index contributed by atoms with van der Waals surface area (Å²) < 4.78 is 46.2. The molecular weight excluding hydrogens is 419 g/mol. The fraction of sp³-hybridized carbons (Fsp3) is 0.556. The van der Waals surface area contributed by atoms with Crippen LogP contribution in [-0.2, 0) is 25.7 Å². The number of rotatable bonds is 7. The molecule has 0 aliphatic carbocycles. The summed E-state index contributed by atoms with van der Waals surface area (Å²) in [6, 6.07) is 2.31. The van der Waals surface area contributed by atoms with Crippen LogP contribution in [0, 0.1) is 0 Å². The SMILES string of the molecule is CCCc1cc2c(N3CCn4c(nnc4C(F)(F)F)C3)nc(OCCCN)nc2s1. The van der Waals surface area contributed by atoms with E-state index < -0.39 is 12.0 Å². The molecule has 0 atom stereocenters. The van der Waals surface area contributed by atoms with E-state index in [1.807, 2.05) is 4.90 Å². The molecule has 0 unspecified atom stereocenters. The zero-order valence-corrected chi connectivity index (χ0v) is 17.3. The number of ether oxygens (including phenoxy) is 1. The minimum Gasteiger partial charge on any atom is -0.463 e. The average Bonchev–Trinajstić information content (AvgIpc) is 3.30. The first kappa shape index (κ1) is 20.8. The highest BCUT2D eigenvalue weighted by atomic mass is 32.1. The second kappa shape index (κ2) is 8.34. The van der Waals surface area contributed by atoms with Crippen molar-refractivity contribution in [3.05, 3.63) is 22.6 Å². The van der Waals surface area contributed by atoms with Gasteiger partial charge in [0.25, 0.3) is 0 Å². The number of hydrogen-bond acceptors (Lipinski definition) is 8. The Balaban J connectivity index is 1.69. The molecule has 3 aromatic rings. The minimum absolute atomic E-state index is 0.123. The molecule has 4 rings (SSSR count). The van der Waals surface area contributed by atoms with E-state index in [0.29, 0.717) is 31.9 Å². The molecule has 8 nitrogen and oxygen atoms in total. The first-order valence-electron chi connectivity index (χ1n) is 9.78. The zero-order valence-electron chi connectivity index (χ0n) is 16.4. The van der Waals surface area contributed by atoms with Gasteiger partial charge in [-0.1, -0.05) is 13.3 Å². The van der Waals surface area contributed by atoms with Crippen molar-refractivity contribution in [3.63, 3.8) is 0 Å². The summed E-state index contributed by atoms with van der Waals surface area (Å²) in [4.78, 5) is 13.0. The summed E-state index contributed by atoms with van der Waals surface area (Å²) in [5.74, 6) is -0.0596. The molecule has 1 aliphatic heterocycles. The van der Waals surface area contributed by atoms with Gasteiger partial charge in [-0.3, -0.25) is 0 Å². The molecule has 12 heteroatoms. The Labute approximate surface area is 174 Å². The van der Waals surface area contributed by atoms with Crippen molar-refractivity contribution in [2.24, 2.45) is 5.73 Å². The number of thiophene rings is 1. The van der Waals surface area contributed by atoms with Gasteiger partial charge in [0.15, 0.2) is 5.82 Å². The number of hydrogen-bond donors (Lipinski definition) is 1. The molecule has 3 aromatic heterocycles. The number of aromatic nitrogens is 5. The Bertz CT molecular complexity index is 1030. The van der Waals surface area contributed by atoms with Gasteiger partial charge < -0.3 is 19.9 Å². The number of aryl methyl sites for hydroxylation is 1. The lowest BCUT2D eigenvalue weighted by atomic mass is 10.2. The third kappa shape index (κ3) is 4.06. The lowest BCUT2D eigenvalue weighted by Crippen LogP contribution is -2.36. The topological polar surface area (TPSA) is 95.0 Å². The zero-order chi connectivity index (χ0) is 21.3. The van der Waals surface area contributed by atoms with E-state index in [9.17, 15) is 13.2 Å². The molecule has 0 bridgehead atoms. The Morgan fingerprint density at radius 1 is 1.23 bits per heavy atom. The first-order valence-corrected chi connectivity index (χ1v) is 10.6. The Kier molecular flexibility index (Phi) is 5.78. The maximum absolute atomic E-state index is 13.1. The van der Waals surface area contributed by atoms with E-state index in [4.69, 9.17) is 10.5 Å². The van der Waals surface area contributed by atoms with Crippen LogP contribution in [0.15, 0.2) is 6.07 Å². The second-order valence-electron chi connectivity index (χ2n) is 7.01. The molecule has 0 amide bonds. The van der Waals surface area contributed by atoms with Gasteiger partial charge in [-0.2, -0.15) is 23.1 Å². The summed E-state index contributed by atoms with van der Waals surface area (Å²) in [6.45, 7) is 3.65. The quantitative estimate of drug-likeness (QED) is 0.563. The molecule has 2 N–H and O–H groups in total. The van der Waals surface area contributed by atoms with Gasteiger partial charge >= 0.3 is 12.2 Å². The van der Waals surface area contributed by atoms with Gasteiger partial charge in [-0.05, 0) is 25.5 Å². The highest BCUT2D eigenvalue weighted by Crippen LogP contribution is 2.35. The summed E-state index contributed by atoms with van der Waals surface area (Å²) >= 11 is 1.58. The molecule has 0 aromatic carbocycles. The smallest absolute Gasteiger partial charge is 0.451 e. The van der Waals surface area contributed by atoms with Gasteiger partial charge in [0.05, 0.1) is 18.5 Å². The lowest BCUT2D eigenvalue weighted by Gasteiger charge is -2.29. The normalized spacial score (nSPS) is 14.4. The standard InChI is InChI=1S/C18H22F3N7OS/c1-2-4-11-9-12-14(23-17(24-15(12)30-11)29-8-3-5-22)27-6-7-28-13(10-27)25-26-16(28)18(19,20)21/h9H,2-8,10,22H2,1H3. The summed E-state index contributed by atoms with van der Waals surface area (Å²) in [5, 5.41) is 7.99. The van der Waals surface area contributed by atoms with E-state index >= 15 is 0 Å². The van der Waals surface area contributed by atoms with E-state index in [-0.39, 0.29) is 24.9 Å². The summed E-state index contributed by atoms with van der Waals surface area (Å²) in [5.41, 5.74) is 5.52. The van der Waals surface area contributed by atoms with Crippen LogP contribution in [0.25, 0.3) is 10.2 Å². The molecule has 4 heterocycles. The third-order valence-electron chi connectivity index (χ3n) is 4.79. The van der Waals surface area contributed by atoms with Crippen LogP contribution in [0.3, 0.4) is 0 Å². The van der Waals surface area contributed by atoms with E-state index in [2.05, 4.69) is 33.2 Å². The summed E-state index contributed by atoms with van der Waals surface area (Å²) in [7, 11) is 0. The van der Waals surface area contributed by atoms with Crippen LogP contribution in [0.4, 0.5) is 19.0 Å². The van der Waals surface area contributed by atoms with Crippen molar-refractivity contribution in [2.45, 2.75) is 45.5 Å². The van der Waals surface area contributed by atoms with Crippen molar-refractivity contribution in [1.82, 2.24) is 24.7 Å². The number of halogens is 3. The molecule has 0 fully saturated rings. The van der Waals surface area contributed by atoms with Gasteiger partial charge in [-0.25, -0.2) is 0 Å². The predicted octanol–water partition coefficient (Wildman–Crippen LogP) is 3.00. The summed E-state index contributed by atoms with van der Waals surface area (Å²) in [6.07, 6.45) is -1.92. The fourth-order valence-electron chi connectivity index (χ4n) is 3.41. The minimum atomic E-state index is -4.53. The van der Waals surface area contributed by atoms with E-state index in [1.165, 1.54) is 4.88 Å². The van der Waals surface area contributed by atoms with Crippen LogP contribution in [0.1, 0.15) is 36.3 Å². The van der Waals surface area contributed by atoms with E-state index in [0.717, 1.165) is 27.6 Å². The highest BCUT2D eigenvalue weighted by Gasteiger charge is 2.39. The van der Waals surface area contributed by atoms with Crippen LogP contribution in [0.2, 0.25) is 0 Å². The van der Waals surface area contributed by atoms with Crippen LogP contribution < -0.4 is 15.4 Å².